The molecule has 2 heterocycles. The van der Waals surface area contributed by atoms with Crippen LogP contribution in [0.2, 0.25) is 20.1 Å². The van der Waals surface area contributed by atoms with Crippen molar-refractivity contribution in [2.45, 2.75) is 48.3 Å². The second-order valence-corrected chi connectivity index (χ2v) is 20.1. The lowest BCUT2D eigenvalue weighted by Crippen LogP contribution is -2.44. The van der Waals surface area contributed by atoms with Crippen LogP contribution in [0.15, 0.2) is 46.2 Å². The number of likely N-dealkylation sites (N-methyl/N-ethyl adjacent to an activating group) is 2. The molecule has 352 valence electrons. The third kappa shape index (κ3) is 21.5. The predicted molar refractivity (Wildman–Crippen MR) is 252 cm³/mol. The number of aliphatic carboxylic acids is 1. The second-order valence-electron chi connectivity index (χ2n) is 14.5. The Balaban J connectivity index is 0.000000961. The van der Waals surface area contributed by atoms with E-state index in [1.807, 2.05) is 0 Å². The number of nitrogens with one attached hydrogen (secondary N) is 1. The fourth-order valence-electron chi connectivity index (χ4n) is 5.85. The van der Waals surface area contributed by atoms with Gasteiger partial charge in [-0.05, 0) is 83.7 Å². The van der Waals surface area contributed by atoms with Gasteiger partial charge < -0.3 is 35.8 Å². The first kappa shape index (κ1) is 59.7. The monoisotopic (exact) mass is 1020 g/mol. The number of carboxylic acid groups (broad SMARTS) is 1. The molecule has 2 fully saturated rings. The van der Waals surface area contributed by atoms with Crippen LogP contribution in [0.1, 0.15) is 38.5 Å². The Morgan fingerprint density at radius 2 is 1.07 bits per heavy atom. The van der Waals surface area contributed by atoms with Crippen molar-refractivity contribution in [3.63, 3.8) is 0 Å². The van der Waals surface area contributed by atoms with E-state index in [-0.39, 0.29) is 86.5 Å². The van der Waals surface area contributed by atoms with Crippen molar-refractivity contribution >= 4 is 103 Å². The highest BCUT2D eigenvalue weighted by Gasteiger charge is 2.26. The van der Waals surface area contributed by atoms with Crippen LogP contribution >= 0.6 is 71.2 Å². The smallest absolute Gasteiger partial charge is 0.304 e. The maximum absolute atomic E-state index is 12.6. The average molecular weight is 1020 g/mol. The molecule has 0 bridgehead atoms. The van der Waals surface area contributed by atoms with E-state index in [1.54, 1.807) is 0 Å². The first-order chi connectivity index (χ1) is 27.8. The number of rotatable bonds is 19. The van der Waals surface area contributed by atoms with Crippen LogP contribution in [-0.4, -0.2) is 182 Å². The molecule has 0 spiro atoms. The zero-order valence-electron chi connectivity index (χ0n) is 35.4. The molecule has 2 aliphatic rings. The van der Waals surface area contributed by atoms with E-state index in [0.717, 1.165) is 60.7 Å². The summed E-state index contributed by atoms with van der Waals surface area (Å²) in [6.45, 7) is 13.0. The fourth-order valence-corrected chi connectivity index (χ4v) is 9.66. The zero-order chi connectivity index (χ0) is 44.2. The van der Waals surface area contributed by atoms with Crippen molar-refractivity contribution in [2.75, 3.05) is 120 Å². The Labute approximate surface area is 396 Å². The Hall–Kier alpha value is -1.26. The van der Waals surface area contributed by atoms with Crippen LogP contribution in [0.3, 0.4) is 0 Å². The van der Waals surface area contributed by atoms with Gasteiger partial charge in [0.1, 0.15) is 9.79 Å². The maximum Gasteiger partial charge on any atom is 0.304 e. The minimum atomic E-state index is -3.83. The Kier molecular flexibility index (Phi) is 30.2. The number of sulfonamides is 2. The highest BCUT2D eigenvalue weighted by Crippen LogP contribution is 2.31. The molecule has 2 aromatic rings. The van der Waals surface area contributed by atoms with Crippen molar-refractivity contribution in [3.05, 3.63) is 56.5 Å². The minimum Gasteiger partial charge on any atom is -0.481 e. The summed E-state index contributed by atoms with van der Waals surface area (Å²) < 4.78 is 51.5. The summed E-state index contributed by atoms with van der Waals surface area (Å²) in [7, 11) is -0.596. The standard InChI is InChI=1S/C19H30Cl2N4O3S.C10H11Cl2NO4S.C9H21N3.2ClH/c1-23-12-14-25(15-13-23)10-4-3-9-22-18(26)8-11-24(2)29(27,28)17-7-5-6-16(20)19(17)21;1-13(6-5-9(14)15)18(16,17)8-4-2-3-7(11)10(8)12;1-11-6-8-12(9-7-11)5-3-2-4-10;;/h5-7H,3-4,8-15H2,1-2H3,(H,22,26);2-4H,5-6H2,1H3,(H,14,15);2-10H2,1H3;2*1H. The first-order valence-corrected chi connectivity index (χ1v) is 24.0. The number of hydrogen-bond donors (Lipinski definition) is 3. The van der Waals surface area contributed by atoms with E-state index in [1.165, 1.54) is 96.1 Å². The second kappa shape index (κ2) is 30.8. The van der Waals surface area contributed by atoms with Gasteiger partial charge in [0.25, 0.3) is 0 Å². The summed E-state index contributed by atoms with van der Waals surface area (Å²) in [5, 5.41) is 11.6. The Bertz CT molecular complexity index is 1820. The molecule has 61 heavy (non-hydrogen) atoms. The molecule has 15 nitrogen and oxygen atoms in total. The lowest BCUT2D eigenvalue weighted by Gasteiger charge is -2.32. The predicted octanol–water partition coefficient (Wildman–Crippen LogP) is 5.05. The SMILES string of the molecule is CN(CCC(=O)O)S(=O)(=O)c1cccc(Cl)c1Cl.CN1CCN(CCCCN)CC1.CN1CCN(CCCCNC(=O)CCN(C)S(=O)(=O)c2cccc(Cl)c2Cl)CC1.Cl.Cl. The molecule has 2 aliphatic heterocycles. The van der Waals surface area contributed by atoms with E-state index < -0.39 is 26.0 Å². The van der Waals surface area contributed by atoms with Gasteiger partial charge >= 0.3 is 5.97 Å². The van der Waals surface area contributed by atoms with E-state index in [9.17, 15) is 26.4 Å². The molecule has 4 N–H and O–H groups in total. The zero-order valence-corrected chi connectivity index (χ0v) is 41.7. The summed E-state index contributed by atoms with van der Waals surface area (Å²) in [4.78, 5) is 32.0. The van der Waals surface area contributed by atoms with Crippen LogP contribution in [0.4, 0.5) is 0 Å². The molecule has 2 aromatic carbocycles. The van der Waals surface area contributed by atoms with E-state index in [2.05, 4.69) is 39.0 Å². The molecule has 4 rings (SSSR count). The quantitative estimate of drug-likeness (QED) is 0.160. The van der Waals surface area contributed by atoms with Crippen LogP contribution < -0.4 is 11.1 Å². The lowest BCUT2D eigenvalue weighted by atomic mass is 10.2. The Morgan fingerprint density at radius 3 is 1.46 bits per heavy atom. The Morgan fingerprint density at radius 1 is 0.672 bits per heavy atom. The number of carbonyl (C=O) groups is 2. The summed E-state index contributed by atoms with van der Waals surface area (Å²) >= 11 is 23.5. The molecular weight excluding hydrogens is 957 g/mol. The van der Waals surface area contributed by atoms with Crippen molar-refractivity contribution in [1.82, 2.24) is 33.5 Å². The number of piperazine rings is 2. The summed E-state index contributed by atoms with van der Waals surface area (Å²) in [5.74, 6) is -1.24. The number of benzene rings is 2. The van der Waals surface area contributed by atoms with Gasteiger partial charge in [0, 0.05) is 92.5 Å². The van der Waals surface area contributed by atoms with Crippen LogP contribution in [-0.2, 0) is 29.6 Å². The van der Waals surface area contributed by atoms with Crippen LogP contribution in [0, 0.1) is 0 Å². The summed E-state index contributed by atoms with van der Waals surface area (Å²) in [6, 6.07) is 8.72. The van der Waals surface area contributed by atoms with E-state index in [4.69, 9.17) is 57.2 Å². The van der Waals surface area contributed by atoms with Crippen molar-refractivity contribution in [2.24, 2.45) is 5.73 Å². The molecule has 0 unspecified atom stereocenters. The van der Waals surface area contributed by atoms with Crippen molar-refractivity contribution < 1.29 is 31.5 Å². The molecular formula is C38H64Cl6N8O7S2. The summed E-state index contributed by atoms with van der Waals surface area (Å²) in [5.41, 5.74) is 5.44. The van der Waals surface area contributed by atoms with Gasteiger partial charge in [-0.3, -0.25) is 9.59 Å². The third-order valence-corrected chi connectivity index (χ3v) is 15.5. The van der Waals surface area contributed by atoms with Gasteiger partial charge in [-0.15, -0.1) is 24.8 Å². The number of hydrogen-bond acceptors (Lipinski definition) is 11. The normalized spacial score (nSPS) is 15.5. The molecule has 23 heteroatoms. The number of carbonyl (C=O) groups excluding carboxylic acids is 1. The molecule has 0 aliphatic carbocycles. The number of nitrogens with zero attached hydrogens (tertiary/aromatic N) is 6. The summed E-state index contributed by atoms with van der Waals surface area (Å²) in [6.07, 6.45) is 4.18. The fraction of sp³-hybridized carbons (Fsp3) is 0.632. The first-order valence-electron chi connectivity index (χ1n) is 19.6. The molecule has 0 saturated carbocycles. The van der Waals surface area contributed by atoms with Crippen LogP contribution in [0.25, 0.3) is 0 Å². The molecule has 0 radical (unpaired) electrons. The van der Waals surface area contributed by atoms with Crippen molar-refractivity contribution in [1.29, 1.82) is 0 Å². The van der Waals surface area contributed by atoms with E-state index in [0.29, 0.717) is 6.54 Å². The molecule has 1 amide bonds. The molecule has 0 atom stereocenters. The number of halogens is 6. The van der Waals surface area contributed by atoms with Gasteiger partial charge in [-0.2, -0.15) is 0 Å². The van der Waals surface area contributed by atoms with E-state index >= 15 is 0 Å². The average Bonchev–Trinajstić information content (AvgIpc) is 3.19. The largest absolute Gasteiger partial charge is 0.481 e. The molecule has 2 saturated heterocycles. The van der Waals surface area contributed by atoms with Gasteiger partial charge in [-0.25, -0.2) is 25.4 Å². The van der Waals surface area contributed by atoms with Gasteiger partial charge in [0.05, 0.1) is 26.5 Å². The van der Waals surface area contributed by atoms with Gasteiger partial charge in [0.2, 0.25) is 26.0 Å². The third-order valence-electron chi connectivity index (χ3n) is 9.85. The number of nitrogens with two attached hydrogens (primary N) is 1. The van der Waals surface area contributed by atoms with Crippen molar-refractivity contribution in [3.8, 4) is 0 Å². The highest BCUT2D eigenvalue weighted by molar-refractivity contribution is 7.89. The topological polar surface area (TPSA) is 180 Å². The van der Waals surface area contributed by atoms with Gasteiger partial charge in [0.15, 0.2) is 0 Å². The maximum atomic E-state index is 12.6. The highest BCUT2D eigenvalue weighted by atomic mass is 35.5. The number of carboxylic acids is 1. The van der Waals surface area contributed by atoms with Crippen LogP contribution in [0.5, 0.6) is 0 Å². The lowest BCUT2D eigenvalue weighted by molar-refractivity contribution is -0.137. The molecule has 0 aromatic heterocycles. The number of unbranched alkanes of at least 4 members (excludes halogenated alkanes) is 2. The minimum absolute atomic E-state index is 0. The van der Waals surface area contributed by atoms with Gasteiger partial charge in [-0.1, -0.05) is 58.5 Å². The number of amides is 1.